The summed E-state index contributed by atoms with van der Waals surface area (Å²) in [5.74, 6) is 0. The summed E-state index contributed by atoms with van der Waals surface area (Å²) in [4.78, 5) is 1.06. The zero-order valence-corrected chi connectivity index (χ0v) is 14.9. The van der Waals surface area contributed by atoms with Crippen LogP contribution in [0.1, 0.15) is 51.8 Å². The molecular weight excluding hydrogens is 304 g/mol. The Bertz CT molecular complexity index is 587. The SMILES string of the molecule is CC1(C)CC(NS(=O)(=O)c2ccsc2CN)CC(C)(C)C1. The van der Waals surface area contributed by atoms with Crippen molar-refractivity contribution in [3.05, 3.63) is 16.3 Å². The lowest BCUT2D eigenvalue weighted by atomic mass is 9.64. The van der Waals surface area contributed by atoms with E-state index in [-0.39, 0.29) is 23.4 Å². The summed E-state index contributed by atoms with van der Waals surface area (Å²) >= 11 is 1.39. The van der Waals surface area contributed by atoms with Gasteiger partial charge in [0.2, 0.25) is 10.0 Å². The number of rotatable bonds is 4. The Morgan fingerprint density at radius 3 is 2.38 bits per heavy atom. The predicted octanol–water partition coefficient (Wildman–Crippen LogP) is 3.09. The summed E-state index contributed by atoms with van der Waals surface area (Å²) in [7, 11) is -3.48. The van der Waals surface area contributed by atoms with Gasteiger partial charge in [-0.25, -0.2) is 13.1 Å². The van der Waals surface area contributed by atoms with Crippen LogP contribution in [0.3, 0.4) is 0 Å². The molecule has 1 aliphatic rings. The second kappa shape index (κ2) is 5.65. The van der Waals surface area contributed by atoms with Crippen molar-refractivity contribution in [3.63, 3.8) is 0 Å². The lowest BCUT2D eigenvalue weighted by Gasteiger charge is -2.45. The van der Waals surface area contributed by atoms with Crippen molar-refractivity contribution in [2.24, 2.45) is 16.6 Å². The molecule has 1 aromatic heterocycles. The molecule has 0 bridgehead atoms. The lowest BCUT2D eigenvalue weighted by molar-refractivity contribution is 0.0934. The molecule has 0 atom stereocenters. The zero-order chi connectivity index (χ0) is 15.9. The van der Waals surface area contributed by atoms with Gasteiger partial charge in [-0.3, -0.25) is 0 Å². The minimum Gasteiger partial charge on any atom is -0.326 e. The number of thiophene rings is 1. The summed E-state index contributed by atoms with van der Waals surface area (Å²) in [6.45, 7) is 9.11. The van der Waals surface area contributed by atoms with E-state index in [4.69, 9.17) is 5.73 Å². The first-order valence-corrected chi connectivity index (χ1v) is 9.70. The fourth-order valence-corrected chi connectivity index (χ4v) is 6.50. The highest BCUT2D eigenvalue weighted by molar-refractivity contribution is 7.89. The van der Waals surface area contributed by atoms with E-state index in [1.54, 1.807) is 11.4 Å². The van der Waals surface area contributed by atoms with E-state index in [0.717, 1.165) is 24.1 Å². The first-order chi connectivity index (χ1) is 9.55. The molecular formula is C15H26N2O2S2. The van der Waals surface area contributed by atoms with Gasteiger partial charge < -0.3 is 5.73 Å². The molecule has 1 saturated carbocycles. The van der Waals surface area contributed by atoms with Crippen LogP contribution in [0.4, 0.5) is 0 Å². The third kappa shape index (κ3) is 4.06. The molecule has 1 heterocycles. The Hall–Kier alpha value is -0.430. The van der Waals surface area contributed by atoms with Crippen molar-refractivity contribution in [1.82, 2.24) is 4.72 Å². The fourth-order valence-electron chi connectivity index (χ4n) is 3.93. The minimum absolute atomic E-state index is 0.0146. The van der Waals surface area contributed by atoms with Crippen LogP contribution in [0.15, 0.2) is 16.3 Å². The Balaban J connectivity index is 2.21. The van der Waals surface area contributed by atoms with Gasteiger partial charge in [0.1, 0.15) is 0 Å². The predicted molar refractivity (Wildman–Crippen MR) is 87.7 cm³/mol. The maximum absolute atomic E-state index is 12.6. The summed E-state index contributed by atoms with van der Waals surface area (Å²) in [5.41, 5.74) is 5.94. The lowest BCUT2D eigenvalue weighted by Crippen LogP contribution is -2.46. The van der Waals surface area contributed by atoms with E-state index in [1.807, 2.05) is 0 Å². The Kier molecular flexibility index (Phi) is 4.55. The van der Waals surface area contributed by atoms with Crippen molar-refractivity contribution in [2.75, 3.05) is 0 Å². The smallest absolute Gasteiger partial charge is 0.241 e. The van der Waals surface area contributed by atoms with Gasteiger partial charge in [-0.05, 0) is 41.5 Å². The number of nitrogens with two attached hydrogens (primary N) is 1. The molecule has 0 unspecified atom stereocenters. The monoisotopic (exact) mass is 330 g/mol. The van der Waals surface area contributed by atoms with Crippen LogP contribution in [0.5, 0.6) is 0 Å². The molecule has 3 N–H and O–H groups in total. The van der Waals surface area contributed by atoms with Crippen LogP contribution in [0, 0.1) is 10.8 Å². The topological polar surface area (TPSA) is 72.2 Å². The quantitative estimate of drug-likeness (QED) is 0.891. The van der Waals surface area contributed by atoms with Crippen molar-refractivity contribution in [1.29, 1.82) is 0 Å². The average Bonchev–Trinajstić information content (AvgIpc) is 2.71. The van der Waals surface area contributed by atoms with E-state index in [9.17, 15) is 8.42 Å². The van der Waals surface area contributed by atoms with Gasteiger partial charge in [0.25, 0.3) is 0 Å². The molecule has 0 amide bonds. The van der Waals surface area contributed by atoms with Crippen molar-refractivity contribution in [2.45, 2.75) is 64.4 Å². The number of nitrogens with one attached hydrogen (secondary N) is 1. The van der Waals surface area contributed by atoms with Crippen LogP contribution in [0.25, 0.3) is 0 Å². The maximum atomic E-state index is 12.6. The second-order valence-electron chi connectivity index (χ2n) is 7.64. The van der Waals surface area contributed by atoms with E-state index in [1.165, 1.54) is 11.3 Å². The van der Waals surface area contributed by atoms with E-state index < -0.39 is 10.0 Å². The normalized spacial score (nSPS) is 22.3. The molecule has 0 aromatic carbocycles. The summed E-state index contributed by atoms with van der Waals surface area (Å²) in [6, 6.07) is 1.63. The molecule has 0 spiro atoms. The molecule has 21 heavy (non-hydrogen) atoms. The molecule has 0 radical (unpaired) electrons. The number of hydrogen-bond acceptors (Lipinski definition) is 4. The van der Waals surface area contributed by atoms with Gasteiger partial charge in [-0.15, -0.1) is 11.3 Å². The summed E-state index contributed by atoms with van der Waals surface area (Å²) in [5, 5.41) is 1.78. The number of sulfonamides is 1. The highest BCUT2D eigenvalue weighted by atomic mass is 32.2. The first kappa shape index (κ1) is 16.9. The molecule has 0 saturated heterocycles. The van der Waals surface area contributed by atoms with Crippen molar-refractivity contribution < 1.29 is 8.42 Å². The van der Waals surface area contributed by atoms with Crippen LogP contribution in [-0.2, 0) is 16.6 Å². The average molecular weight is 331 g/mol. The molecule has 4 nitrogen and oxygen atoms in total. The fraction of sp³-hybridized carbons (Fsp3) is 0.733. The number of hydrogen-bond donors (Lipinski definition) is 2. The Labute approximate surface area is 132 Å². The highest BCUT2D eigenvalue weighted by Gasteiger charge is 2.40. The van der Waals surface area contributed by atoms with Gasteiger partial charge in [0.05, 0.1) is 4.90 Å². The highest BCUT2D eigenvalue weighted by Crippen LogP contribution is 2.46. The van der Waals surface area contributed by atoms with Gasteiger partial charge >= 0.3 is 0 Å². The van der Waals surface area contributed by atoms with Gasteiger partial charge in [-0.1, -0.05) is 27.7 Å². The van der Waals surface area contributed by atoms with Crippen LogP contribution in [-0.4, -0.2) is 14.5 Å². The van der Waals surface area contributed by atoms with Crippen molar-refractivity contribution in [3.8, 4) is 0 Å². The van der Waals surface area contributed by atoms with Gasteiger partial charge in [-0.2, -0.15) is 0 Å². The third-order valence-electron chi connectivity index (χ3n) is 4.06. The molecule has 0 aliphatic heterocycles. The first-order valence-electron chi connectivity index (χ1n) is 7.33. The van der Waals surface area contributed by atoms with E-state index in [0.29, 0.717) is 4.90 Å². The third-order valence-corrected chi connectivity index (χ3v) is 6.73. The van der Waals surface area contributed by atoms with Gasteiger partial charge in [0.15, 0.2) is 0 Å². The van der Waals surface area contributed by atoms with Crippen LogP contribution < -0.4 is 10.5 Å². The zero-order valence-electron chi connectivity index (χ0n) is 13.3. The Morgan fingerprint density at radius 1 is 1.29 bits per heavy atom. The van der Waals surface area contributed by atoms with Crippen LogP contribution >= 0.6 is 11.3 Å². The minimum atomic E-state index is -3.48. The van der Waals surface area contributed by atoms with E-state index >= 15 is 0 Å². The largest absolute Gasteiger partial charge is 0.326 e. The molecule has 120 valence electrons. The summed E-state index contributed by atoms with van der Waals surface area (Å²) in [6.07, 6.45) is 2.86. The second-order valence-corrected chi connectivity index (χ2v) is 10.3. The molecule has 1 aromatic rings. The maximum Gasteiger partial charge on any atom is 0.241 e. The van der Waals surface area contributed by atoms with Crippen molar-refractivity contribution >= 4 is 21.4 Å². The standard InChI is InChI=1S/C15H26N2O2S2/c1-14(2)7-11(8-15(3,4)10-14)17-21(18,19)13-5-6-20-12(13)9-16/h5-6,11,17H,7-10,16H2,1-4H3. The molecule has 6 heteroatoms. The molecule has 1 aliphatic carbocycles. The van der Waals surface area contributed by atoms with E-state index in [2.05, 4.69) is 32.4 Å². The van der Waals surface area contributed by atoms with Crippen LogP contribution in [0.2, 0.25) is 0 Å². The summed E-state index contributed by atoms with van der Waals surface area (Å²) < 4.78 is 28.1. The van der Waals surface area contributed by atoms with Gasteiger partial charge in [0, 0.05) is 17.5 Å². The molecule has 2 rings (SSSR count). The Morgan fingerprint density at radius 2 is 1.86 bits per heavy atom. The molecule has 1 fully saturated rings.